The van der Waals surface area contributed by atoms with E-state index in [2.05, 4.69) is 10.0 Å². The van der Waals surface area contributed by atoms with Crippen molar-refractivity contribution in [3.8, 4) is 5.75 Å². The lowest BCUT2D eigenvalue weighted by Gasteiger charge is -2.20. The molecule has 3 rings (SSSR count). The molecule has 0 aliphatic rings. The maximum absolute atomic E-state index is 13.1. The molecule has 3 aromatic carbocycles. The van der Waals surface area contributed by atoms with Gasteiger partial charge in [0.05, 0.1) is 32.3 Å². The number of nitrogens with one attached hydrogen (secondary N) is 2. The molecular formula is C23H21Cl3N2O4S. The van der Waals surface area contributed by atoms with E-state index in [1.807, 2.05) is 6.07 Å². The second-order valence-electron chi connectivity index (χ2n) is 6.97. The molecule has 33 heavy (non-hydrogen) atoms. The third kappa shape index (κ3) is 6.62. The molecule has 3 aromatic rings. The predicted molar refractivity (Wildman–Crippen MR) is 132 cm³/mol. The maximum Gasteiger partial charge on any atom is 0.242 e. The minimum Gasteiger partial charge on any atom is -0.492 e. The van der Waals surface area contributed by atoms with Gasteiger partial charge in [0, 0.05) is 0 Å². The second kappa shape index (κ2) is 11.2. The Bertz CT molecular complexity index is 1220. The molecule has 0 spiro atoms. The van der Waals surface area contributed by atoms with Crippen molar-refractivity contribution in [1.29, 1.82) is 0 Å². The van der Waals surface area contributed by atoms with Gasteiger partial charge < -0.3 is 10.1 Å². The lowest BCUT2D eigenvalue weighted by Crippen LogP contribution is -2.45. The zero-order valence-electron chi connectivity index (χ0n) is 17.5. The number of hydrogen-bond donors (Lipinski definition) is 2. The van der Waals surface area contributed by atoms with Crippen molar-refractivity contribution in [1.82, 2.24) is 4.72 Å². The molecule has 0 saturated carbocycles. The highest BCUT2D eigenvalue weighted by Crippen LogP contribution is 2.30. The first-order chi connectivity index (χ1) is 15.7. The van der Waals surface area contributed by atoms with Gasteiger partial charge in [-0.15, -0.1) is 0 Å². The molecule has 1 amide bonds. The number of benzene rings is 3. The van der Waals surface area contributed by atoms with Gasteiger partial charge in [0.15, 0.2) is 0 Å². The monoisotopic (exact) mass is 526 g/mol. The minimum atomic E-state index is -4.11. The van der Waals surface area contributed by atoms with Gasteiger partial charge in [-0.05, 0) is 49.2 Å². The number of rotatable bonds is 9. The van der Waals surface area contributed by atoms with Crippen LogP contribution in [0.4, 0.5) is 5.69 Å². The van der Waals surface area contributed by atoms with Crippen LogP contribution >= 0.6 is 34.8 Å². The number of ether oxygens (including phenoxy) is 1. The third-order valence-corrected chi connectivity index (χ3v) is 7.02. The molecule has 0 radical (unpaired) electrons. The lowest BCUT2D eigenvalue weighted by molar-refractivity contribution is -0.117. The molecule has 0 saturated heterocycles. The van der Waals surface area contributed by atoms with Crippen LogP contribution in [0.15, 0.2) is 71.6 Å². The Labute approximate surface area is 207 Å². The summed E-state index contributed by atoms with van der Waals surface area (Å²) in [5, 5.41) is 3.24. The Balaban J connectivity index is 1.90. The molecule has 2 N–H and O–H groups in total. The molecule has 0 aliphatic heterocycles. The fraction of sp³-hybridized carbons (Fsp3) is 0.174. The van der Waals surface area contributed by atoms with Crippen LogP contribution in [-0.4, -0.2) is 27.0 Å². The van der Waals surface area contributed by atoms with Gasteiger partial charge in [-0.1, -0.05) is 71.2 Å². The molecule has 0 aliphatic carbocycles. The third-order valence-electron chi connectivity index (χ3n) is 4.62. The van der Waals surface area contributed by atoms with Crippen LogP contribution in [-0.2, 0) is 21.2 Å². The largest absolute Gasteiger partial charge is 0.492 e. The van der Waals surface area contributed by atoms with Crippen LogP contribution in [0.2, 0.25) is 15.1 Å². The molecule has 0 bridgehead atoms. The Morgan fingerprint density at radius 2 is 1.61 bits per heavy atom. The number of halogens is 3. The quantitative estimate of drug-likeness (QED) is 0.381. The number of amides is 1. The van der Waals surface area contributed by atoms with Crippen LogP contribution in [0.1, 0.15) is 12.5 Å². The lowest BCUT2D eigenvalue weighted by atomic mass is 10.1. The zero-order chi connectivity index (χ0) is 24.0. The molecule has 174 valence electrons. The molecule has 0 fully saturated rings. The summed E-state index contributed by atoms with van der Waals surface area (Å²) in [5.74, 6) is -0.250. The van der Waals surface area contributed by atoms with Crippen molar-refractivity contribution >= 4 is 56.4 Å². The van der Waals surface area contributed by atoms with Gasteiger partial charge in [0.25, 0.3) is 0 Å². The molecule has 1 atom stereocenters. The molecule has 10 heteroatoms. The number of carbonyl (C=O) groups excluding carboxylic acids is 1. The Morgan fingerprint density at radius 3 is 2.21 bits per heavy atom. The first-order valence-corrected chi connectivity index (χ1v) is 12.6. The zero-order valence-corrected chi connectivity index (χ0v) is 20.6. The fourth-order valence-electron chi connectivity index (χ4n) is 3.04. The standard InChI is InChI=1S/C23H21Cl3N2O4S/c1-2-32-21-12-11-16(14-19(21)26)33(30,31)28-20(13-15-7-4-3-5-8-15)23(29)27-22-17(24)9-6-10-18(22)25/h3-12,14,20,28H,2,13H2,1H3,(H,27,29)/t20-/m1/s1. The summed E-state index contributed by atoms with van der Waals surface area (Å²) in [7, 11) is -4.11. The Morgan fingerprint density at radius 1 is 0.939 bits per heavy atom. The number of anilines is 1. The average molecular weight is 528 g/mol. The smallest absolute Gasteiger partial charge is 0.242 e. The molecule has 0 unspecified atom stereocenters. The van der Waals surface area contributed by atoms with Crippen molar-refractivity contribution in [3.05, 3.63) is 87.4 Å². The van der Waals surface area contributed by atoms with Gasteiger partial charge in [-0.25, -0.2) is 8.42 Å². The summed E-state index contributed by atoms with van der Waals surface area (Å²) in [5.41, 5.74) is 0.961. The summed E-state index contributed by atoms with van der Waals surface area (Å²) >= 11 is 18.5. The predicted octanol–water partition coefficient (Wildman–Crippen LogP) is 5.57. The van der Waals surface area contributed by atoms with Gasteiger partial charge >= 0.3 is 0 Å². The van der Waals surface area contributed by atoms with E-state index in [-0.39, 0.29) is 32.1 Å². The first kappa shape index (κ1) is 25.3. The minimum absolute atomic E-state index is 0.0960. The molecule has 6 nitrogen and oxygen atoms in total. The van der Waals surface area contributed by atoms with Crippen molar-refractivity contribution in [2.75, 3.05) is 11.9 Å². The van der Waals surface area contributed by atoms with E-state index in [4.69, 9.17) is 39.5 Å². The van der Waals surface area contributed by atoms with Gasteiger partial charge in [-0.3, -0.25) is 4.79 Å². The summed E-state index contributed by atoms with van der Waals surface area (Å²) < 4.78 is 34.0. The average Bonchev–Trinajstić information content (AvgIpc) is 2.78. The van der Waals surface area contributed by atoms with Crippen LogP contribution in [0.3, 0.4) is 0 Å². The van der Waals surface area contributed by atoms with Crippen LogP contribution in [0.25, 0.3) is 0 Å². The van der Waals surface area contributed by atoms with E-state index < -0.39 is 22.0 Å². The van der Waals surface area contributed by atoms with E-state index >= 15 is 0 Å². The Kier molecular flexibility index (Phi) is 8.62. The summed E-state index contributed by atoms with van der Waals surface area (Å²) in [6.45, 7) is 2.18. The molecule has 0 aromatic heterocycles. The fourth-order valence-corrected chi connectivity index (χ4v) is 5.05. The van der Waals surface area contributed by atoms with Crippen molar-refractivity contribution in [3.63, 3.8) is 0 Å². The van der Waals surface area contributed by atoms with Crippen LogP contribution in [0, 0.1) is 0 Å². The van der Waals surface area contributed by atoms with E-state index in [9.17, 15) is 13.2 Å². The number of para-hydroxylation sites is 1. The topological polar surface area (TPSA) is 84.5 Å². The SMILES string of the molecule is CCOc1ccc(S(=O)(=O)N[C@H](Cc2ccccc2)C(=O)Nc2c(Cl)cccc2Cl)cc1Cl. The van der Waals surface area contributed by atoms with Crippen LogP contribution < -0.4 is 14.8 Å². The first-order valence-electron chi connectivity index (χ1n) is 9.94. The number of hydrogen-bond acceptors (Lipinski definition) is 4. The highest BCUT2D eigenvalue weighted by molar-refractivity contribution is 7.89. The highest BCUT2D eigenvalue weighted by atomic mass is 35.5. The summed E-state index contributed by atoms with van der Waals surface area (Å²) in [6, 6.07) is 16.8. The van der Waals surface area contributed by atoms with Crippen molar-refractivity contribution in [2.24, 2.45) is 0 Å². The highest BCUT2D eigenvalue weighted by Gasteiger charge is 2.27. The van der Waals surface area contributed by atoms with Crippen LogP contribution in [0.5, 0.6) is 5.75 Å². The second-order valence-corrected chi connectivity index (χ2v) is 9.91. The van der Waals surface area contributed by atoms with E-state index in [1.165, 1.54) is 18.2 Å². The molecular weight excluding hydrogens is 507 g/mol. The Hall–Kier alpha value is -2.29. The maximum atomic E-state index is 13.1. The van der Waals surface area contributed by atoms with Crippen molar-refractivity contribution < 1.29 is 17.9 Å². The van der Waals surface area contributed by atoms with Crippen molar-refractivity contribution in [2.45, 2.75) is 24.3 Å². The van der Waals surface area contributed by atoms with E-state index in [0.717, 1.165) is 5.56 Å². The number of sulfonamides is 1. The van der Waals surface area contributed by atoms with Gasteiger partial charge in [0.2, 0.25) is 15.9 Å². The normalized spacial score (nSPS) is 12.2. The van der Waals surface area contributed by atoms with Gasteiger partial charge in [-0.2, -0.15) is 4.72 Å². The molecule has 0 heterocycles. The van der Waals surface area contributed by atoms with E-state index in [1.54, 1.807) is 49.4 Å². The summed E-state index contributed by atoms with van der Waals surface area (Å²) in [6.07, 6.45) is 0.0960. The summed E-state index contributed by atoms with van der Waals surface area (Å²) in [4.78, 5) is 13.0. The van der Waals surface area contributed by atoms with Gasteiger partial charge in [0.1, 0.15) is 11.8 Å². The van der Waals surface area contributed by atoms with E-state index in [0.29, 0.717) is 12.4 Å². The number of carbonyl (C=O) groups is 1.